The van der Waals surface area contributed by atoms with E-state index in [1.54, 1.807) is 24.3 Å². The Hall–Kier alpha value is -2.43. The molecule has 0 radical (unpaired) electrons. The molecule has 2 aromatic rings. The summed E-state index contributed by atoms with van der Waals surface area (Å²) in [5.41, 5.74) is 0.988. The molecule has 0 fully saturated rings. The van der Waals surface area contributed by atoms with Crippen LogP contribution in [0.3, 0.4) is 0 Å². The second-order valence-electron chi connectivity index (χ2n) is 3.74. The van der Waals surface area contributed by atoms with Crippen molar-refractivity contribution in [2.24, 2.45) is 0 Å². The van der Waals surface area contributed by atoms with E-state index in [9.17, 15) is 4.79 Å². The first kappa shape index (κ1) is 13.0. The van der Waals surface area contributed by atoms with Gasteiger partial charge in [0.1, 0.15) is 5.75 Å². The lowest BCUT2D eigenvalue weighted by atomic mass is 10.1. The third-order valence-corrected chi connectivity index (χ3v) is 2.50. The number of aromatic nitrogens is 2. The van der Waals surface area contributed by atoms with Crippen molar-refractivity contribution in [3.8, 4) is 11.8 Å². The molecule has 1 heterocycles. The Bertz CT molecular complexity index is 550. The van der Waals surface area contributed by atoms with Crippen LogP contribution in [-0.2, 0) is 0 Å². The fraction of sp³-hybridized carbons (Fsp3) is 0.214. The maximum Gasteiger partial charge on any atom is 0.316 e. The highest BCUT2D eigenvalue weighted by molar-refractivity contribution is 6.08. The van der Waals surface area contributed by atoms with E-state index in [0.29, 0.717) is 17.7 Å². The van der Waals surface area contributed by atoms with Crippen LogP contribution < -0.4 is 9.47 Å². The number of carbonyl (C=O) groups excluding carboxylic acids is 1. The first-order valence-corrected chi connectivity index (χ1v) is 5.88. The second-order valence-corrected chi connectivity index (χ2v) is 3.74. The summed E-state index contributed by atoms with van der Waals surface area (Å²) in [6, 6.07) is 7.21. The van der Waals surface area contributed by atoms with Crippen LogP contribution in [0, 0.1) is 0 Å². The Balaban J connectivity index is 2.18. The lowest BCUT2D eigenvalue weighted by Crippen LogP contribution is -2.03. The zero-order valence-electron chi connectivity index (χ0n) is 10.8. The van der Waals surface area contributed by atoms with E-state index in [0.717, 1.165) is 5.75 Å². The molecule has 1 aromatic heterocycles. The van der Waals surface area contributed by atoms with Gasteiger partial charge in [0.2, 0.25) is 0 Å². The molecule has 19 heavy (non-hydrogen) atoms. The highest BCUT2D eigenvalue weighted by Gasteiger charge is 2.10. The van der Waals surface area contributed by atoms with E-state index in [-0.39, 0.29) is 11.8 Å². The van der Waals surface area contributed by atoms with Crippen molar-refractivity contribution >= 4 is 5.78 Å². The van der Waals surface area contributed by atoms with Crippen molar-refractivity contribution in [1.29, 1.82) is 0 Å². The molecule has 0 amide bonds. The number of ketones is 1. The van der Waals surface area contributed by atoms with Crippen LogP contribution >= 0.6 is 0 Å². The second kappa shape index (κ2) is 5.95. The molecule has 0 saturated carbocycles. The Morgan fingerprint density at radius 1 is 1.11 bits per heavy atom. The summed E-state index contributed by atoms with van der Waals surface area (Å²) in [6.45, 7) is 2.51. The monoisotopic (exact) mass is 258 g/mol. The normalized spacial score (nSPS) is 10.0. The van der Waals surface area contributed by atoms with Gasteiger partial charge in [-0.1, -0.05) is 0 Å². The SMILES string of the molecule is CCOc1ccc(C(=O)c2cnc(OC)nc2)cc1. The van der Waals surface area contributed by atoms with Crippen molar-refractivity contribution in [3.05, 3.63) is 47.8 Å². The van der Waals surface area contributed by atoms with Gasteiger partial charge < -0.3 is 9.47 Å². The van der Waals surface area contributed by atoms with Crippen molar-refractivity contribution < 1.29 is 14.3 Å². The Labute approximate surface area is 111 Å². The van der Waals surface area contributed by atoms with Gasteiger partial charge in [0.05, 0.1) is 19.3 Å². The van der Waals surface area contributed by atoms with Crippen LogP contribution in [0.15, 0.2) is 36.7 Å². The van der Waals surface area contributed by atoms with Crippen LogP contribution in [0.2, 0.25) is 0 Å². The predicted octanol–water partition coefficient (Wildman–Crippen LogP) is 2.11. The maximum absolute atomic E-state index is 12.2. The number of nitrogens with zero attached hydrogens (tertiary/aromatic N) is 2. The molecule has 5 nitrogen and oxygen atoms in total. The van der Waals surface area contributed by atoms with Gasteiger partial charge in [0.15, 0.2) is 5.78 Å². The molecule has 0 aliphatic heterocycles. The standard InChI is InChI=1S/C14H14N2O3/c1-3-19-12-6-4-10(5-7-12)13(17)11-8-15-14(18-2)16-9-11/h4-9H,3H2,1-2H3. The van der Waals surface area contributed by atoms with Crippen molar-refractivity contribution in [2.75, 3.05) is 13.7 Å². The molecular weight excluding hydrogens is 244 g/mol. The van der Waals surface area contributed by atoms with Crippen LogP contribution in [0.1, 0.15) is 22.8 Å². The molecule has 0 saturated heterocycles. The number of benzene rings is 1. The van der Waals surface area contributed by atoms with Crippen molar-refractivity contribution in [1.82, 2.24) is 9.97 Å². The third-order valence-electron chi connectivity index (χ3n) is 2.50. The fourth-order valence-electron chi connectivity index (χ4n) is 1.57. The van der Waals surface area contributed by atoms with E-state index in [1.807, 2.05) is 6.92 Å². The summed E-state index contributed by atoms with van der Waals surface area (Å²) in [5.74, 6) is 0.607. The fourth-order valence-corrected chi connectivity index (χ4v) is 1.57. The summed E-state index contributed by atoms with van der Waals surface area (Å²) in [7, 11) is 1.48. The van der Waals surface area contributed by atoms with E-state index >= 15 is 0 Å². The van der Waals surface area contributed by atoms with Crippen LogP contribution in [0.25, 0.3) is 0 Å². The quantitative estimate of drug-likeness (QED) is 0.769. The highest BCUT2D eigenvalue weighted by Crippen LogP contribution is 2.15. The Kier molecular flexibility index (Phi) is 4.07. The number of hydrogen-bond donors (Lipinski definition) is 0. The number of hydrogen-bond acceptors (Lipinski definition) is 5. The van der Waals surface area contributed by atoms with Crippen LogP contribution in [0.5, 0.6) is 11.8 Å². The summed E-state index contributed by atoms with van der Waals surface area (Å²) in [4.78, 5) is 20.0. The Morgan fingerprint density at radius 2 is 1.74 bits per heavy atom. The molecule has 0 aliphatic rings. The minimum absolute atomic E-state index is 0.134. The smallest absolute Gasteiger partial charge is 0.316 e. The molecular formula is C14H14N2O3. The van der Waals surface area contributed by atoms with E-state index in [2.05, 4.69) is 9.97 Å². The first-order chi connectivity index (χ1) is 9.24. The highest BCUT2D eigenvalue weighted by atomic mass is 16.5. The van der Waals surface area contributed by atoms with Gasteiger partial charge in [-0.3, -0.25) is 4.79 Å². The summed E-state index contributed by atoms with van der Waals surface area (Å²) in [5, 5.41) is 0. The third kappa shape index (κ3) is 3.07. The van der Waals surface area contributed by atoms with E-state index in [1.165, 1.54) is 19.5 Å². The topological polar surface area (TPSA) is 61.3 Å². The van der Waals surface area contributed by atoms with Gasteiger partial charge >= 0.3 is 6.01 Å². The molecule has 0 unspecified atom stereocenters. The van der Waals surface area contributed by atoms with Gasteiger partial charge in [-0.2, -0.15) is 0 Å². The van der Waals surface area contributed by atoms with Crippen molar-refractivity contribution in [3.63, 3.8) is 0 Å². The van der Waals surface area contributed by atoms with E-state index in [4.69, 9.17) is 9.47 Å². The molecule has 2 rings (SSSR count). The lowest BCUT2D eigenvalue weighted by molar-refractivity contribution is 0.103. The average molecular weight is 258 g/mol. The van der Waals surface area contributed by atoms with Gasteiger partial charge in [-0.15, -0.1) is 0 Å². The summed E-state index contributed by atoms with van der Waals surface area (Å²) in [6.07, 6.45) is 2.90. The molecule has 0 atom stereocenters. The van der Waals surface area contributed by atoms with Crippen LogP contribution in [0.4, 0.5) is 0 Å². The number of carbonyl (C=O) groups is 1. The maximum atomic E-state index is 12.2. The predicted molar refractivity (Wildman–Crippen MR) is 69.6 cm³/mol. The molecule has 0 aliphatic carbocycles. The zero-order chi connectivity index (χ0) is 13.7. The molecule has 1 aromatic carbocycles. The zero-order valence-corrected chi connectivity index (χ0v) is 10.8. The molecule has 0 spiro atoms. The van der Waals surface area contributed by atoms with Gasteiger partial charge in [0, 0.05) is 18.0 Å². The van der Waals surface area contributed by atoms with Crippen LogP contribution in [-0.4, -0.2) is 29.5 Å². The van der Waals surface area contributed by atoms with Crippen molar-refractivity contribution in [2.45, 2.75) is 6.92 Å². The number of rotatable bonds is 5. The van der Waals surface area contributed by atoms with Gasteiger partial charge in [0.25, 0.3) is 0 Å². The molecule has 0 N–H and O–H groups in total. The first-order valence-electron chi connectivity index (χ1n) is 5.88. The minimum atomic E-state index is -0.134. The number of ether oxygens (including phenoxy) is 2. The summed E-state index contributed by atoms with van der Waals surface area (Å²) < 4.78 is 10.2. The molecule has 5 heteroatoms. The minimum Gasteiger partial charge on any atom is -0.494 e. The lowest BCUT2D eigenvalue weighted by Gasteiger charge is -2.04. The Morgan fingerprint density at radius 3 is 2.26 bits per heavy atom. The van der Waals surface area contributed by atoms with Gasteiger partial charge in [-0.05, 0) is 31.2 Å². The average Bonchev–Trinajstić information content (AvgIpc) is 2.48. The van der Waals surface area contributed by atoms with Gasteiger partial charge in [-0.25, -0.2) is 9.97 Å². The van der Waals surface area contributed by atoms with E-state index < -0.39 is 0 Å². The largest absolute Gasteiger partial charge is 0.494 e. The summed E-state index contributed by atoms with van der Waals surface area (Å²) >= 11 is 0. The number of methoxy groups -OCH3 is 1. The molecule has 98 valence electrons. The molecule has 0 bridgehead atoms.